The van der Waals surface area contributed by atoms with E-state index in [-0.39, 0.29) is 11.9 Å². The summed E-state index contributed by atoms with van der Waals surface area (Å²) in [6.07, 6.45) is 2.13. The Hall–Kier alpha value is -3.95. The second kappa shape index (κ2) is 8.53. The van der Waals surface area contributed by atoms with Crippen LogP contribution in [-0.4, -0.2) is 50.6 Å². The molecule has 1 aliphatic heterocycles. The zero-order valence-electron chi connectivity index (χ0n) is 18.7. The van der Waals surface area contributed by atoms with E-state index in [1.807, 2.05) is 36.7 Å². The predicted octanol–water partition coefficient (Wildman–Crippen LogP) is 3.11. The van der Waals surface area contributed by atoms with Gasteiger partial charge in [0, 0.05) is 24.6 Å². The highest BCUT2D eigenvalue weighted by molar-refractivity contribution is 6.06. The third-order valence-electron chi connectivity index (χ3n) is 5.33. The monoisotopic (exact) mass is 448 g/mol. The van der Waals surface area contributed by atoms with Crippen molar-refractivity contribution in [2.24, 2.45) is 0 Å². The molecule has 0 fully saturated rings. The number of aromatic nitrogens is 5. The fourth-order valence-corrected chi connectivity index (χ4v) is 3.75. The molecule has 3 aromatic heterocycles. The first kappa shape index (κ1) is 20.9. The Morgan fingerprint density at radius 2 is 1.97 bits per heavy atom. The number of nitrogens with one attached hydrogen (secondary N) is 1. The molecule has 0 radical (unpaired) electrons. The molecule has 5 rings (SSSR count). The Balaban J connectivity index is 1.50. The summed E-state index contributed by atoms with van der Waals surface area (Å²) in [4.78, 5) is 22.2. The minimum Gasteiger partial charge on any atom is -0.486 e. The molecule has 10 heteroatoms. The van der Waals surface area contributed by atoms with Gasteiger partial charge in [0.2, 0.25) is 5.89 Å². The molecule has 1 aromatic carbocycles. The van der Waals surface area contributed by atoms with Gasteiger partial charge in [-0.05, 0) is 45.0 Å². The fraction of sp³-hybridized carbons (Fsp3) is 0.348. The van der Waals surface area contributed by atoms with Crippen molar-refractivity contribution < 1.29 is 18.8 Å². The number of nitrogens with zero attached hydrogens (tertiary/aromatic N) is 5. The highest BCUT2D eigenvalue weighted by atomic mass is 16.6. The van der Waals surface area contributed by atoms with Gasteiger partial charge in [0.05, 0.1) is 22.8 Å². The standard InChI is InChI=1S/C23H24N6O4/c1-13(2)29-22-17(12-25-29)16(23(30)24-7-6-21-26-14(3)28-33-21)11-18(27-22)15-4-5-19-20(10-15)32-9-8-31-19/h4-5,10-13H,6-9H2,1-3H3,(H,24,30). The van der Waals surface area contributed by atoms with Crippen LogP contribution in [0.4, 0.5) is 0 Å². The molecule has 0 unspecified atom stereocenters. The molecule has 0 aliphatic carbocycles. The van der Waals surface area contributed by atoms with Crippen molar-refractivity contribution in [3.63, 3.8) is 0 Å². The Bertz CT molecular complexity index is 1330. The largest absolute Gasteiger partial charge is 0.486 e. The molecular weight excluding hydrogens is 424 g/mol. The Labute approximate surface area is 189 Å². The van der Waals surface area contributed by atoms with Crippen LogP contribution < -0.4 is 14.8 Å². The maximum atomic E-state index is 13.2. The Morgan fingerprint density at radius 1 is 1.15 bits per heavy atom. The van der Waals surface area contributed by atoms with Gasteiger partial charge in [0.15, 0.2) is 23.0 Å². The first-order valence-electron chi connectivity index (χ1n) is 10.9. The average Bonchev–Trinajstić information content (AvgIpc) is 3.44. The molecule has 0 saturated carbocycles. The zero-order valence-corrected chi connectivity index (χ0v) is 18.7. The van der Waals surface area contributed by atoms with Gasteiger partial charge in [-0.2, -0.15) is 10.1 Å². The van der Waals surface area contributed by atoms with Gasteiger partial charge in [0.1, 0.15) is 13.2 Å². The van der Waals surface area contributed by atoms with E-state index in [1.54, 1.807) is 19.2 Å². The van der Waals surface area contributed by atoms with Crippen LogP contribution in [0.5, 0.6) is 11.5 Å². The van der Waals surface area contributed by atoms with Gasteiger partial charge in [-0.3, -0.25) is 4.79 Å². The van der Waals surface area contributed by atoms with Crippen LogP contribution in [0.2, 0.25) is 0 Å². The van der Waals surface area contributed by atoms with Crippen LogP contribution in [0.1, 0.15) is 42.0 Å². The topological polar surface area (TPSA) is 117 Å². The summed E-state index contributed by atoms with van der Waals surface area (Å²) in [6, 6.07) is 7.53. The normalized spacial score (nSPS) is 13.0. The molecular formula is C23H24N6O4. The lowest BCUT2D eigenvalue weighted by Gasteiger charge is -2.19. The number of carbonyl (C=O) groups is 1. The molecule has 10 nitrogen and oxygen atoms in total. The molecule has 33 heavy (non-hydrogen) atoms. The predicted molar refractivity (Wildman–Crippen MR) is 119 cm³/mol. The van der Waals surface area contributed by atoms with Crippen molar-refractivity contribution in [2.45, 2.75) is 33.2 Å². The summed E-state index contributed by atoms with van der Waals surface area (Å²) < 4.78 is 18.3. The highest BCUT2D eigenvalue weighted by Crippen LogP contribution is 2.35. The van der Waals surface area contributed by atoms with Gasteiger partial charge >= 0.3 is 0 Å². The molecule has 1 aliphatic rings. The Kier molecular flexibility index (Phi) is 5.41. The van der Waals surface area contributed by atoms with Crippen LogP contribution >= 0.6 is 0 Å². The van der Waals surface area contributed by atoms with Crippen LogP contribution in [0.25, 0.3) is 22.3 Å². The lowest BCUT2D eigenvalue weighted by molar-refractivity contribution is 0.0955. The van der Waals surface area contributed by atoms with E-state index in [2.05, 4.69) is 20.6 Å². The number of ether oxygens (including phenoxy) is 2. The number of hydrogen-bond acceptors (Lipinski definition) is 8. The van der Waals surface area contributed by atoms with Crippen molar-refractivity contribution in [3.05, 3.63) is 47.7 Å². The molecule has 0 spiro atoms. The van der Waals surface area contributed by atoms with E-state index in [0.29, 0.717) is 71.7 Å². The summed E-state index contributed by atoms with van der Waals surface area (Å²) in [6.45, 7) is 7.19. The summed E-state index contributed by atoms with van der Waals surface area (Å²) in [7, 11) is 0. The van der Waals surface area contributed by atoms with Crippen molar-refractivity contribution in [2.75, 3.05) is 19.8 Å². The molecule has 170 valence electrons. The maximum absolute atomic E-state index is 13.2. The molecule has 1 N–H and O–H groups in total. The Morgan fingerprint density at radius 3 is 2.73 bits per heavy atom. The molecule has 0 bridgehead atoms. The number of pyridine rings is 1. The summed E-state index contributed by atoms with van der Waals surface area (Å²) in [5, 5.41) is 11.9. The molecule has 4 aromatic rings. The first-order chi connectivity index (χ1) is 16.0. The zero-order chi connectivity index (χ0) is 22.9. The van der Waals surface area contributed by atoms with E-state index in [1.165, 1.54) is 0 Å². The van der Waals surface area contributed by atoms with Crippen LogP contribution in [0, 0.1) is 6.92 Å². The lowest BCUT2D eigenvalue weighted by Crippen LogP contribution is -2.26. The van der Waals surface area contributed by atoms with E-state index in [9.17, 15) is 4.79 Å². The number of rotatable bonds is 6. The van der Waals surface area contributed by atoms with E-state index >= 15 is 0 Å². The van der Waals surface area contributed by atoms with Crippen molar-refractivity contribution in [1.82, 2.24) is 30.2 Å². The van der Waals surface area contributed by atoms with Crippen molar-refractivity contribution in [3.8, 4) is 22.8 Å². The molecule has 0 saturated heterocycles. The van der Waals surface area contributed by atoms with Gasteiger partial charge < -0.3 is 19.3 Å². The first-order valence-corrected chi connectivity index (χ1v) is 10.9. The van der Waals surface area contributed by atoms with E-state index in [4.69, 9.17) is 19.0 Å². The minimum absolute atomic E-state index is 0.0854. The van der Waals surface area contributed by atoms with Crippen molar-refractivity contribution >= 4 is 16.9 Å². The van der Waals surface area contributed by atoms with Crippen LogP contribution in [-0.2, 0) is 6.42 Å². The van der Waals surface area contributed by atoms with Crippen molar-refractivity contribution in [1.29, 1.82) is 0 Å². The lowest BCUT2D eigenvalue weighted by atomic mass is 10.1. The summed E-state index contributed by atoms with van der Waals surface area (Å²) in [5.74, 6) is 2.20. The van der Waals surface area contributed by atoms with Crippen LogP contribution in [0.15, 0.2) is 35.0 Å². The molecule has 4 heterocycles. The third kappa shape index (κ3) is 4.11. The van der Waals surface area contributed by atoms with Gasteiger partial charge in [0.25, 0.3) is 5.91 Å². The second-order valence-corrected chi connectivity index (χ2v) is 8.07. The van der Waals surface area contributed by atoms with E-state index in [0.717, 1.165) is 5.56 Å². The average molecular weight is 448 g/mol. The highest BCUT2D eigenvalue weighted by Gasteiger charge is 2.20. The smallest absolute Gasteiger partial charge is 0.252 e. The maximum Gasteiger partial charge on any atom is 0.252 e. The van der Waals surface area contributed by atoms with Gasteiger partial charge in [-0.15, -0.1) is 0 Å². The summed E-state index contributed by atoms with van der Waals surface area (Å²) >= 11 is 0. The van der Waals surface area contributed by atoms with Gasteiger partial charge in [-0.1, -0.05) is 5.16 Å². The minimum atomic E-state index is -0.222. The second-order valence-electron chi connectivity index (χ2n) is 8.07. The molecule has 0 atom stereocenters. The number of amides is 1. The third-order valence-corrected chi connectivity index (χ3v) is 5.33. The number of fused-ring (bicyclic) bond motifs is 2. The molecule has 1 amide bonds. The van der Waals surface area contributed by atoms with Gasteiger partial charge in [-0.25, -0.2) is 9.67 Å². The number of hydrogen-bond donors (Lipinski definition) is 1. The quantitative estimate of drug-likeness (QED) is 0.478. The summed E-state index contributed by atoms with van der Waals surface area (Å²) in [5.41, 5.74) is 2.63. The number of aryl methyl sites for hydroxylation is 1. The van der Waals surface area contributed by atoms with Crippen LogP contribution in [0.3, 0.4) is 0 Å². The van der Waals surface area contributed by atoms with E-state index < -0.39 is 0 Å². The fourth-order valence-electron chi connectivity index (χ4n) is 3.75. The number of benzene rings is 1. The SMILES string of the molecule is Cc1noc(CCNC(=O)c2cc(-c3ccc4c(c3)OCCO4)nc3c2cnn3C(C)C)n1. The number of carbonyl (C=O) groups excluding carboxylic acids is 1.